The van der Waals surface area contributed by atoms with Crippen LogP contribution in [0.2, 0.25) is 0 Å². The van der Waals surface area contributed by atoms with Crippen molar-refractivity contribution in [2.75, 3.05) is 0 Å². The molecule has 1 aromatic rings. The molecule has 0 saturated carbocycles. The van der Waals surface area contributed by atoms with Gasteiger partial charge in [-0.15, -0.1) is 0 Å². The van der Waals surface area contributed by atoms with Gasteiger partial charge >= 0.3 is 0 Å². The molecular weight excluding hydrogens is 166 g/mol. The van der Waals surface area contributed by atoms with Gasteiger partial charge in [-0.1, -0.05) is 24.3 Å². The smallest absolute Gasteiger partial charge is 0.0704 e. The third kappa shape index (κ3) is 2.28. The van der Waals surface area contributed by atoms with Crippen LogP contribution in [-0.2, 0) is 6.61 Å². The van der Waals surface area contributed by atoms with Crippen LogP contribution in [-0.4, -0.2) is 16.3 Å². The van der Waals surface area contributed by atoms with Gasteiger partial charge in [-0.2, -0.15) is 0 Å². The fourth-order valence-corrected chi connectivity index (χ4v) is 1.26. The van der Waals surface area contributed by atoms with E-state index in [9.17, 15) is 5.11 Å². The van der Waals surface area contributed by atoms with Crippen molar-refractivity contribution in [2.45, 2.75) is 25.7 Å². The minimum absolute atomic E-state index is 0.0450. The van der Waals surface area contributed by atoms with Crippen LogP contribution in [0.15, 0.2) is 24.3 Å². The molecule has 0 aliphatic heterocycles. The third-order valence-corrected chi connectivity index (χ3v) is 2.10. The highest BCUT2D eigenvalue weighted by Crippen LogP contribution is 2.18. The van der Waals surface area contributed by atoms with Crippen LogP contribution in [0.5, 0.6) is 0 Å². The molecule has 0 aliphatic rings. The normalized spacial score (nSPS) is 15.4. The first kappa shape index (κ1) is 10.2. The molecule has 0 unspecified atom stereocenters. The van der Waals surface area contributed by atoms with Crippen LogP contribution in [0, 0.1) is 0 Å². The van der Waals surface area contributed by atoms with Crippen LogP contribution in [0.4, 0.5) is 0 Å². The molecule has 1 aromatic carbocycles. The minimum Gasteiger partial charge on any atom is -0.392 e. The van der Waals surface area contributed by atoms with Crippen molar-refractivity contribution in [2.24, 2.45) is 5.73 Å². The van der Waals surface area contributed by atoms with Gasteiger partial charge in [-0.3, -0.25) is 0 Å². The highest BCUT2D eigenvalue weighted by atomic mass is 16.3. The first-order valence-electron chi connectivity index (χ1n) is 4.29. The van der Waals surface area contributed by atoms with Crippen molar-refractivity contribution in [3.05, 3.63) is 35.4 Å². The largest absolute Gasteiger partial charge is 0.392 e. The summed E-state index contributed by atoms with van der Waals surface area (Å²) in [4.78, 5) is 0. The summed E-state index contributed by atoms with van der Waals surface area (Å²) in [7, 11) is 0. The molecule has 72 valence electrons. The summed E-state index contributed by atoms with van der Waals surface area (Å²) in [6.45, 7) is 1.59. The maximum absolute atomic E-state index is 9.29. The van der Waals surface area contributed by atoms with E-state index in [-0.39, 0.29) is 6.61 Å². The van der Waals surface area contributed by atoms with Crippen LogP contribution in [0.1, 0.15) is 24.1 Å². The summed E-state index contributed by atoms with van der Waals surface area (Å²) in [6, 6.07) is 6.88. The van der Waals surface area contributed by atoms with Gasteiger partial charge in [-0.25, -0.2) is 0 Å². The number of nitrogens with two attached hydrogens (primary N) is 1. The summed E-state index contributed by atoms with van der Waals surface area (Å²) >= 11 is 0. The van der Waals surface area contributed by atoms with Crippen molar-refractivity contribution in [3.63, 3.8) is 0 Å². The summed E-state index contributed by atoms with van der Waals surface area (Å²) in [5, 5.41) is 18.3. The Morgan fingerprint density at radius 2 is 2.00 bits per heavy atom. The zero-order valence-corrected chi connectivity index (χ0v) is 7.64. The summed E-state index contributed by atoms with van der Waals surface area (Å²) in [5.74, 6) is 0. The Morgan fingerprint density at radius 3 is 2.54 bits per heavy atom. The van der Waals surface area contributed by atoms with E-state index in [1.807, 2.05) is 18.2 Å². The van der Waals surface area contributed by atoms with Gasteiger partial charge in [0.2, 0.25) is 0 Å². The first-order valence-corrected chi connectivity index (χ1v) is 4.29. The summed E-state index contributed by atoms with van der Waals surface area (Å²) in [5.41, 5.74) is 7.33. The van der Waals surface area contributed by atoms with Crippen LogP contribution in [0.25, 0.3) is 0 Å². The molecule has 2 atom stereocenters. The molecule has 0 aromatic heterocycles. The van der Waals surface area contributed by atoms with Crippen LogP contribution >= 0.6 is 0 Å². The van der Waals surface area contributed by atoms with Crippen LogP contribution in [0.3, 0.4) is 0 Å². The third-order valence-electron chi connectivity index (χ3n) is 2.10. The predicted octanol–water partition coefficient (Wildman–Crippen LogP) is 0.560. The van der Waals surface area contributed by atoms with E-state index < -0.39 is 12.1 Å². The Morgan fingerprint density at radius 1 is 1.38 bits per heavy atom. The molecule has 3 heteroatoms. The van der Waals surface area contributed by atoms with Gasteiger partial charge in [0.25, 0.3) is 0 Å². The lowest BCUT2D eigenvalue weighted by Crippen LogP contribution is -2.24. The van der Waals surface area contributed by atoms with Gasteiger partial charge in [0.1, 0.15) is 0 Å². The number of aliphatic hydroxyl groups excluding tert-OH is 2. The van der Waals surface area contributed by atoms with E-state index in [0.29, 0.717) is 0 Å². The van der Waals surface area contributed by atoms with Gasteiger partial charge in [0.05, 0.1) is 18.8 Å². The van der Waals surface area contributed by atoms with E-state index >= 15 is 0 Å². The zero-order valence-electron chi connectivity index (χ0n) is 7.64. The Balaban J connectivity index is 2.98. The molecular formula is C10H15NO2. The SMILES string of the molecule is C[C@H](O)[C@@H](N)c1ccccc1CO. The van der Waals surface area contributed by atoms with Crippen molar-refractivity contribution in [1.82, 2.24) is 0 Å². The van der Waals surface area contributed by atoms with Crippen molar-refractivity contribution in [1.29, 1.82) is 0 Å². The molecule has 1 rings (SSSR count). The Labute approximate surface area is 77.8 Å². The van der Waals surface area contributed by atoms with Gasteiger partial charge < -0.3 is 15.9 Å². The highest BCUT2D eigenvalue weighted by molar-refractivity contribution is 5.29. The predicted molar refractivity (Wildman–Crippen MR) is 51.0 cm³/mol. The minimum atomic E-state index is -0.604. The molecule has 4 N–H and O–H groups in total. The monoisotopic (exact) mass is 181 g/mol. The molecule has 0 amide bonds. The zero-order chi connectivity index (χ0) is 9.84. The van der Waals surface area contributed by atoms with Gasteiger partial charge in [0.15, 0.2) is 0 Å². The maximum atomic E-state index is 9.29. The van der Waals surface area contributed by atoms with Gasteiger partial charge in [-0.05, 0) is 18.1 Å². The number of hydrogen-bond acceptors (Lipinski definition) is 3. The van der Waals surface area contributed by atoms with E-state index in [1.54, 1.807) is 13.0 Å². The molecule has 0 spiro atoms. The standard InChI is InChI=1S/C10H15NO2/c1-7(13)10(11)9-5-3-2-4-8(9)6-12/h2-5,7,10,12-13H,6,11H2,1H3/t7-,10+/m0/s1. The second-order valence-corrected chi connectivity index (χ2v) is 3.12. The molecule has 3 nitrogen and oxygen atoms in total. The van der Waals surface area contributed by atoms with E-state index in [0.717, 1.165) is 11.1 Å². The average molecular weight is 181 g/mol. The lowest BCUT2D eigenvalue weighted by molar-refractivity contribution is 0.163. The van der Waals surface area contributed by atoms with Crippen molar-refractivity contribution < 1.29 is 10.2 Å². The van der Waals surface area contributed by atoms with E-state index in [2.05, 4.69) is 0 Å². The second-order valence-electron chi connectivity index (χ2n) is 3.12. The molecule has 0 saturated heterocycles. The van der Waals surface area contributed by atoms with E-state index in [1.165, 1.54) is 0 Å². The summed E-state index contributed by atoms with van der Waals surface area (Å²) in [6.07, 6.45) is -0.604. The number of aliphatic hydroxyl groups is 2. The average Bonchev–Trinajstić information content (AvgIpc) is 2.16. The number of benzene rings is 1. The lowest BCUT2D eigenvalue weighted by atomic mass is 9.98. The Hall–Kier alpha value is -0.900. The fraction of sp³-hybridized carbons (Fsp3) is 0.400. The molecule has 13 heavy (non-hydrogen) atoms. The van der Waals surface area contributed by atoms with Crippen LogP contribution < -0.4 is 5.73 Å². The van der Waals surface area contributed by atoms with Gasteiger partial charge in [0, 0.05) is 0 Å². The first-order chi connectivity index (χ1) is 6.16. The van der Waals surface area contributed by atoms with Crippen molar-refractivity contribution in [3.8, 4) is 0 Å². The molecule has 0 aliphatic carbocycles. The van der Waals surface area contributed by atoms with Crippen molar-refractivity contribution >= 4 is 0 Å². The second kappa shape index (κ2) is 4.37. The fourth-order valence-electron chi connectivity index (χ4n) is 1.26. The quantitative estimate of drug-likeness (QED) is 0.638. The Kier molecular flexibility index (Phi) is 3.42. The topological polar surface area (TPSA) is 66.5 Å². The Bertz CT molecular complexity index is 273. The lowest BCUT2D eigenvalue weighted by Gasteiger charge is -2.17. The molecule has 0 bridgehead atoms. The maximum Gasteiger partial charge on any atom is 0.0704 e. The summed E-state index contributed by atoms with van der Waals surface area (Å²) < 4.78 is 0. The molecule has 0 heterocycles. The number of hydrogen-bond donors (Lipinski definition) is 3. The highest BCUT2D eigenvalue weighted by Gasteiger charge is 2.14. The van der Waals surface area contributed by atoms with E-state index in [4.69, 9.17) is 10.8 Å². The molecule has 0 radical (unpaired) electrons. The number of rotatable bonds is 3. The molecule has 0 fully saturated rings.